The van der Waals surface area contributed by atoms with Crippen molar-refractivity contribution in [3.8, 4) is 11.5 Å². The molecule has 0 aromatic heterocycles. The van der Waals surface area contributed by atoms with Gasteiger partial charge in [-0.3, -0.25) is 0 Å². The Labute approximate surface area is 143 Å². The zero-order chi connectivity index (χ0) is 16.8. The Morgan fingerprint density at radius 1 is 0.667 bits per heavy atom. The molecule has 0 bridgehead atoms. The van der Waals surface area contributed by atoms with Crippen LogP contribution >= 0.6 is 0 Å². The van der Waals surface area contributed by atoms with Gasteiger partial charge >= 0.3 is 0 Å². The summed E-state index contributed by atoms with van der Waals surface area (Å²) in [6.07, 6.45) is 2.93. The second kappa shape index (κ2) is 7.69. The van der Waals surface area contributed by atoms with Crippen molar-refractivity contribution < 1.29 is 10.2 Å². The van der Waals surface area contributed by atoms with E-state index < -0.39 is 0 Å². The minimum Gasteiger partial charge on any atom is -0.504 e. The van der Waals surface area contributed by atoms with Crippen molar-refractivity contribution in [1.82, 2.24) is 0 Å². The summed E-state index contributed by atoms with van der Waals surface area (Å²) >= 11 is 0. The molecule has 3 rings (SSSR count). The zero-order valence-electron chi connectivity index (χ0n) is 13.6. The van der Waals surface area contributed by atoms with E-state index >= 15 is 0 Å². The molecule has 0 saturated heterocycles. The lowest BCUT2D eigenvalue weighted by Gasteiger charge is -2.18. The van der Waals surface area contributed by atoms with E-state index in [1.54, 1.807) is 12.1 Å². The van der Waals surface area contributed by atoms with E-state index in [1.807, 2.05) is 18.2 Å². The van der Waals surface area contributed by atoms with E-state index in [-0.39, 0.29) is 11.5 Å². The van der Waals surface area contributed by atoms with Crippen molar-refractivity contribution in [3.05, 3.63) is 95.6 Å². The molecule has 24 heavy (non-hydrogen) atoms. The molecule has 0 aliphatic rings. The van der Waals surface area contributed by atoms with E-state index in [2.05, 4.69) is 48.5 Å². The van der Waals surface area contributed by atoms with Crippen LogP contribution in [0.4, 0.5) is 0 Å². The molecular weight excluding hydrogens is 296 g/mol. The van der Waals surface area contributed by atoms with Crippen LogP contribution in [0.3, 0.4) is 0 Å². The first-order valence-electron chi connectivity index (χ1n) is 8.35. The Balaban J connectivity index is 1.72. The SMILES string of the molecule is Oc1ccc(CCCC(c2ccccc2)c2ccccc2)cc1O. The van der Waals surface area contributed by atoms with E-state index in [1.165, 1.54) is 11.1 Å². The van der Waals surface area contributed by atoms with E-state index in [0.29, 0.717) is 5.92 Å². The topological polar surface area (TPSA) is 40.5 Å². The Morgan fingerprint density at radius 2 is 1.25 bits per heavy atom. The summed E-state index contributed by atoms with van der Waals surface area (Å²) in [5.41, 5.74) is 3.71. The fourth-order valence-electron chi connectivity index (χ4n) is 3.13. The number of hydrogen-bond donors (Lipinski definition) is 2. The maximum atomic E-state index is 9.61. The molecular formula is C22H22O2. The van der Waals surface area contributed by atoms with Crippen LogP contribution in [-0.4, -0.2) is 10.2 Å². The van der Waals surface area contributed by atoms with Crippen LogP contribution in [0, 0.1) is 0 Å². The zero-order valence-corrected chi connectivity index (χ0v) is 13.6. The summed E-state index contributed by atoms with van der Waals surface area (Å²) in [5, 5.41) is 19.0. The van der Waals surface area contributed by atoms with Crippen LogP contribution in [0.2, 0.25) is 0 Å². The van der Waals surface area contributed by atoms with Gasteiger partial charge in [0.2, 0.25) is 0 Å². The molecule has 0 heterocycles. The van der Waals surface area contributed by atoms with Crippen molar-refractivity contribution in [2.24, 2.45) is 0 Å². The molecule has 0 fully saturated rings. The molecule has 0 unspecified atom stereocenters. The molecule has 122 valence electrons. The average molecular weight is 318 g/mol. The Hall–Kier alpha value is -2.74. The maximum Gasteiger partial charge on any atom is 0.157 e. The van der Waals surface area contributed by atoms with Crippen molar-refractivity contribution in [3.63, 3.8) is 0 Å². The third-order valence-corrected chi connectivity index (χ3v) is 4.40. The van der Waals surface area contributed by atoms with Gasteiger partial charge in [-0.1, -0.05) is 66.7 Å². The summed E-state index contributed by atoms with van der Waals surface area (Å²) < 4.78 is 0. The minimum atomic E-state index is -0.0646. The quantitative estimate of drug-likeness (QED) is 0.609. The number of aromatic hydroxyl groups is 2. The van der Waals surface area contributed by atoms with Gasteiger partial charge in [0, 0.05) is 5.92 Å². The molecule has 0 saturated carbocycles. The van der Waals surface area contributed by atoms with Crippen molar-refractivity contribution in [1.29, 1.82) is 0 Å². The highest BCUT2D eigenvalue weighted by molar-refractivity contribution is 5.40. The van der Waals surface area contributed by atoms with Gasteiger partial charge in [0.05, 0.1) is 0 Å². The van der Waals surface area contributed by atoms with Crippen molar-refractivity contribution >= 4 is 0 Å². The second-order valence-electron chi connectivity index (χ2n) is 6.09. The molecule has 2 nitrogen and oxygen atoms in total. The molecule has 0 atom stereocenters. The summed E-state index contributed by atoms with van der Waals surface area (Å²) in [6.45, 7) is 0. The minimum absolute atomic E-state index is 0.0461. The first-order valence-corrected chi connectivity index (χ1v) is 8.35. The molecule has 2 heteroatoms. The Bertz CT molecular complexity index is 727. The first kappa shape index (κ1) is 16.1. The number of rotatable bonds is 6. The van der Waals surface area contributed by atoms with Gasteiger partial charge in [-0.15, -0.1) is 0 Å². The third kappa shape index (κ3) is 3.96. The molecule has 0 spiro atoms. The molecule has 2 N–H and O–H groups in total. The summed E-state index contributed by atoms with van der Waals surface area (Å²) in [6, 6.07) is 26.2. The van der Waals surface area contributed by atoms with Crippen LogP contribution in [0.25, 0.3) is 0 Å². The van der Waals surface area contributed by atoms with Gasteiger partial charge in [0.1, 0.15) is 0 Å². The van der Waals surface area contributed by atoms with Gasteiger partial charge in [-0.05, 0) is 48.1 Å². The predicted molar refractivity (Wildman–Crippen MR) is 97.4 cm³/mol. The fourth-order valence-corrected chi connectivity index (χ4v) is 3.13. The summed E-state index contributed by atoms with van der Waals surface area (Å²) in [5.74, 6) is 0.262. The van der Waals surface area contributed by atoms with Gasteiger partial charge in [0.25, 0.3) is 0 Å². The van der Waals surface area contributed by atoms with E-state index in [9.17, 15) is 10.2 Å². The molecule has 0 amide bonds. The first-order chi connectivity index (χ1) is 11.7. The fraction of sp³-hybridized carbons (Fsp3) is 0.182. The predicted octanol–water partition coefficient (Wildman–Crippen LogP) is 5.25. The van der Waals surface area contributed by atoms with Crippen LogP contribution in [-0.2, 0) is 6.42 Å². The third-order valence-electron chi connectivity index (χ3n) is 4.40. The number of aryl methyl sites for hydroxylation is 1. The molecule has 0 radical (unpaired) electrons. The van der Waals surface area contributed by atoms with Crippen molar-refractivity contribution in [2.75, 3.05) is 0 Å². The molecule has 3 aromatic carbocycles. The van der Waals surface area contributed by atoms with Gasteiger partial charge in [-0.2, -0.15) is 0 Å². The number of hydrogen-bond acceptors (Lipinski definition) is 2. The van der Waals surface area contributed by atoms with Gasteiger partial charge in [-0.25, -0.2) is 0 Å². The largest absolute Gasteiger partial charge is 0.504 e. The lowest BCUT2D eigenvalue weighted by atomic mass is 9.86. The normalized spacial score (nSPS) is 10.9. The highest BCUT2D eigenvalue weighted by Crippen LogP contribution is 2.30. The number of benzene rings is 3. The van der Waals surface area contributed by atoms with Crippen LogP contribution in [0.5, 0.6) is 11.5 Å². The molecule has 3 aromatic rings. The van der Waals surface area contributed by atoms with E-state index in [0.717, 1.165) is 24.8 Å². The van der Waals surface area contributed by atoms with Gasteiger partial charge in [0.15, 0.2) is 11.5 Å². The highest BCUT2D eigenvalue weighted by atomic mass is 16.3. The lowest BCUT2D eigenvalue weighted by Crippen LogP contribution is -2.02. The maximum absolute atomic E-state index is 9.61. The highest BCUT2D eigenvalue weighted by Gasteiger charge is 2.13. The number of phenolic OH excluding ortho intramolecular Hbond substituents is 2. The summed E-state index contributed by atoms with van der Waals surface area (Å²) in [7, 11) is 0. The Morgan fingerprint density at radius 3 is 1.79 bits per heavy atom. The van der Waals surface area contributed by atoms with Crippen LogP contribution in [0.1, 0.15) is 35.4 Å². The average Bonchev–Trinajstić information content (AvgIpc) is 2.63. The molecule has 0 aliphatic carbocycles. The number of phenols is 2. The smallest absolute Gasteiger partial charge is 0.157 e. The van der Waals surface area contributed by atoms with Crippen LogP contribution in [0.15, 0.2) is 78.9 Å². The monoisotopic (exact) mass is 318 g/mol. The second-order valence-corrected chi connectivity index (χ2v) is 6.09. The Kier molecular flexibility index (Phi) is 5.17. The van der Waals surface area contributed by atoms with Gasteiger partial charge < -0.3 is 10.2 Å². The molecule has 0 aliphatic heterocycles. The van der Waals surface area contributed by atoms with Crippen molar-refractivity contribution in [2.45, 2.75) is 25.2 Å². The standard InChI is InChI=1S/C22H22O2/c23-21-15-14-17(16-22(21)24)8-7-13-20(18-9-3-1-4-10-18)19-11-5-2-6-12-19/h1-6,9-12,14-16,20,23-24H,7-8,13H2. The van der Waals surface area contributed by atoms with Crippen LogP contribution < -0.4 is 0 Å². The summed E-state index contributed by atoms with van der Waals surface area (Å²) in [4.78, 5) is 0. The van der Waals surface area contributed by atoms with E-state index in [4.69, 9.17) is 0 Å². The lowest BCUT2D eigenvalue weighted by molar-refractivity contribution is 0.403.